The van der Waals surface area contributed by atoms with Crippen molar-refractivity contribution in [3.05, 3.63) is 57.4 Å². The van der Waals surface area contributed by atoms with Gasteiger partial charge in [0, 0.05) is 43.8 Å². The summed E-state index contributed by atoms with van der Waals surface area (Å²) >= 11 is 2.97. The van der Waals surface area contributed by atoms with E-state index in [1.165, 1.54) is 33.4 Å². The van der Waals surface area contributed by atoms with Crippen molar-refractivity contribution < 1.29 is 17.9 Å². The van der Waals surface area contributed by atoms with E-state index in [-0.39, 0.29) is 12.6 Å². The van der Waals surface area contributed by atoms with Gasteiger partial charge in [-0.1, -0.05) is 18.2 Å². The van der Waals surface area contributed by atoms with Gasteiger partial charge in [-0.3, -0.25) is 9.21 Å². The van der Waals surface area contributed by atoms with Crippen molar-refractivity contribution >= 4 is 44.1 Å². The highest BCUT2D eigenvalue weighted by atomic mass is 32.2. The van der Waals surface area contributed by atoms with Crippen molar-refractivity contribution in [2.24, 2.45) is 0 Å². The zero-order chi connectivity index (χ0) is 25.8. The van der Waals surface area contributed by atoms with Crippen molar-refractivity contribution in [3.63, 3.8) is 0 Å². The Labute approximate surface area is 227 Å². The number of rotatable bonds is 12. The van der Waals surface area contributed by atoms with E-state index in [1.807, 2.05) is 25.3 Å². The number of aromatic nitrogens is 1. The molecule has 1 unspecified atom stereocenters. The second kappa shape index (κ2) is 11.8. The van der Waals surface area contributed by atoms with Crippen molar-refractivity contribution in [3.8, 4) is 0 Å². The standard InChI is InChI=1S/C26H34N4O4S3/c1-3-34-13-12-30(37(31,32)24-10-6-14-35-24)23-9-4-7-19-15-22(28-25(19)23)26-27-16-21(36-26)17-29-11-5-8-20(29)18-33-2/h4,6-7,9-10,14,16,20,22,28H,3,5,8,11-13,15,17-18H2,1-2H3/t20-,22?/m0/s1. The lowest BCUT2D eigenvalue weighted by Crippen LogP contribution is -2.34. The predicted molar refractivity (Wildman–Crippen MR) is 149 cm³/mol. The van der Waals surface area contributed by atoms with E-state index in [1.54, 1.807) is 36.0 Å². The molecule has 37 heavy (non-hydrogen) atoms. The third kappa shape index (κ3) is 5.71. The summed E-state index contributed by atoms with van der Waals surface area (Å²) in [6, 6.07) is 9.79. The highest BCUT2D eigenvalue weighted by Gasteiger charge is 2.33. The molecule has 11 heteroatoms. The molecule has 0 spiro atoms. The largest absolute Gasteiger partial charge is 0.383 e. The van der Waals surface area contributed by atoms with E-state index in [0.717, 1.165) is 42.4 Å². The van der Waals surface area contributed by atoms with Crippen molar-refractivity contribution in [2.75, 3.05) is 49.6 Å². The molecule has 0 bridgehead atoms. The normalized spacial score (nSPS) is 19.7. The van der Waals surface area contributed by atoms with Crippen LogP contribution in [0.3, 0.4) is 0 Å². The molecule has 1 fully saturated rings. The van der Waals surface area contributed by atoms with Crippen LogP contribution in [-0.4, -0.2) is 64.4 Å². The fourth-order valence-electron chi connectivity index (χ4n) is 5.15. The first-order valence-electron chi connectivity index (χ1n) is 12.7. The summed E-state index contributed by atoms with van der Waals surface area (Å²) in [5.41, 5.74) is 2.62. The summed E-state index contributed by atoms with van der Waals surface area (Å²) in [6.45, 7) is 5.77. The quantitative estimate of drug-likeness (QED) is 0.319. The molecule has 5 rings (SSSR count). The average Bonchev–Trinajstić information content (AvgIpc) is 3.69. The van der Waals surface area contributed by atoms with Crippen LogP contribution in [0.1, 0.15) is 41.3 Å². The summed E-state index contributed by atoms with van der Waals surface area (Å²) < 4.78 is 40.0. The van der Waals surface area contributed by atoms with Gasteiger partial charge in [-0.15, -0.1) is 22.7 Å². The molecule has 1 aromatic carbocycles. The van der Waals surface area contributed by atoms with Crippen LogP contribution in [0, 0.1) is 0 Å². The van der Waals surface area contributed by atoms with Gasteiger partial charge >= 0.3 is 0 Å². The lowest BCUT2D eigenvalue weighted by atomic mass is 10.1. The van der Waals surface area contributed by atoms with Gasteiger partial charge in [0.15, 0.2) is 0 Å². The molecule has 0 amide bonds. The number of sulfonamides is 1. The van der Waals surface area contributed by atoms with Gasteiger partial charge in [0.05, 0.1) is 37.2 Å². The molecule has 0 radical (unpaired) electrons. The van der Waals surface area contributed by atoms with Gasteiger partial charge in [-0.2, -0.15) is 0 Å². The topological polar surface area (TPSA) is 84.0 Å². The van der Waals surface area contributed by atoms with Gasteiger partial charge in [0.1, 0.15) is 9.22 Å². The minimum absolute atomic E-state index is 0.0152. The number of fused-ring (bicyclic) bond motifs is 1. The molecular formula is C26H34N4O4S3. The van der Waals surface area contributed by atoms with Crippen LogP contribution in [0.2, 0.25) is 0 Å². The molecule has 2 aliphatic heterocycles. The first-order valence-corrected chi connectivity index (χ1v) is 15.8. The summed E-state index contributed by atoms with van der Waals surface area (Å²) in [5.74, 6) is 0. The number of benzene rings is 1. The van der Waals surface area contributed by atoms with Crippen LogP contribution in [-0.2, 0) is 32.5 Å². The van der Waals surface area contributed by atoms with Gasteiger partial charge in [-0.05, 0) is 49.4 Å². The smallest absolute Gasteiger partial charge is 0.273 e. The lowest BCUT2D eigenvalue weighted by Gasteiger charge is -2.26. The zero-order valence-electron chi connectivity index (χ0n) is 21.3. The minimum Gasteiger partial charge on any atom is -0.383 e. The van der Waals surface area contributed by atoms with E-state index >= 15 is 0 Å². The third-order valence-corrected chi connectivity index (χ3v) is 11.2. The Balaban J connectivity index is 1.36. The Bertz CT molecular complexity index is 1280. The number of nitrogens with zero attached hydrogens (tertiary/aromatic N) is 3. The van der Waals surface area contributed by atoms with Crippen LogP contribution in [0.4, 0.5) is 11.4 Å². The third-order valence-electron chi connectivity index (χ3n) is 6.91. The maximum atomic E-state index is 13.6. The average molecular weight is 563 g/mol. The molecule has 1 N–H and O–H groups in total. The number of thiazole rings is 1. The molecule has 200 valence electrons. The number of thiophene rings is 1. The van der Waals surface area contributed by atoms with Gasteiger partial charge in [0.2, 0.25) is 0 Å². The molecule has 2 aromatic heterocycles. The Morgan fingerprint density at radius 3 is 2.95 bits per heavy atom. The Morgan fingerprint density at radius 1 is 1.27 bits per heavy atom. The number of nitrogens with one attached hydrogen (secondary N) is 1. The molecule has 1 saturated heterocycles. The maximum Gasteiger partial charge on any atom is 0.273 e. The second-order valence-corrected chi connectivity index (χ2v) is 13.5. The van der Waals surface area contributed by atoms with E-state index < -0.39 is 10.0 Å². The number of likely N-dealkylation sites (tertiary alicyclic amines) is 1. The lowest BCUT2D eigenvalue weighted by molar-refractivity contribution is 0.112. The van der Waals surface area contributed by atoms with Crippen LogP contribution < -0.4 is 9.62 Å². The molecule has 2 atom stereocenters. The Kier molecular flexibility index (Phi) is 8.47. The minimum atomic E-state index is -3.71. The molecule has 3 aromatic rings. The molecule has 4 heterocycles. The van der Waals surface area contributed by atoms with Crippen LogP contribution in [0.25, 0.3) is 0 Å². The van der Waals surface area contributed by atoms with E-state index in [2.05, 4.69) is 16.3 Å². The highest BCUT2D eigenvalue weighted by molar-refractivity contribution is 7.94. The maximum absolute atomic E-state index is 13.6. The van der Waals surface area contributed by atoms with Gasteiger partial charge < -0.3 is 14.8 Å². The van der Waals surface area contributed by atoms with Crippen LogP contribution in [0.5, 0.6) is 0 Å². The van der Waals surface area contributed by atoms with E-state index in [9.17, 15) is 8.42 Å². The number of hydrogen-bond acceptors (Lipinski definition) is 9. The molecule has 0 saturated carbocycles. The first kappa shape index (κ1) is 26.6. The van der Waals surface area contributed by atoms with Crippen LogP contribution in [0.15, 0.2) is 46.1 Å². The molecule has 0 aliphatic carbocycles. The van der Waals surface area contributed by atoms with Gasteiger partial charge in [-0.25, -0.2) is 13.4 Å². The molecule has 2 aliphatic rings. The molecule has 8 nitrogen and oxygen atoms in total. The fraction of sp³-hybridized carbons (Fsp3) is 0.500. The summed E-state index contributed by atoms with van der Waals surface area (Å²) in [4.78, 5) is 8.50. The fourth-order valence-corrected chi connectivity index (χ4v) is 8.71. The number of hydrogen-bond donors (Lipinski definition) is 1. The molecular weight excluding hydrogens is 529 g/mol. The number of methoxy groups -OCH3 is 1. The second-order valence-electron chi connectivity index (χ2n) is 9.31. The van der Waals surface area contributed by atoms with Crippen molar-refractivity contribution in [1.29, 1.82) is 0 Å². The SMILES string of the molecule is CCOCCN(c1cccc2c1NC(c1ncc(CN3CCC[C@H]3COC)s1)C2)S(=O)(=O)c1cccs1. The van der Waals surface area contributed by atoms with Crippen molar-refractivity contribution in [2.45, 2.75) is 49.0 Å². The van der Waals surface area contributed by atoms with E-state index in [0.29, 0.717) is 29.2 Å². The summed E-state index contributed by atoms with van der Waals surface area (Å²) in [5, 5.41) is 6.43. The number of anilines is 2. The number of ether oxygens (including phenoxy) is 2. The predicted octanol–water partition coefficient (Wildman–Crippen LogP) is 4.76. The Hall–Kier alpha value is -2.02. The summed E-state index contributed by atoms with van der Waals surface area (Å²) in [7, 11) is -1.94. The van der Waals surface area contributed by atoms with Crippen molar-refractivity contribution in [1.82, 2.24) is 9.88 Å². The summed E-state index contributed by atoms with van der Waals surface area (Å²) in [6.07, 6.45) is 5.14. The van der Waals surface area contributed by atoms with E-state index in [4.69, 9.17) is 14.5 Å². The monoisotopic (exact) mass is 562 g/mol. The van der Waals surface area contributed by atoms with Gasteiger partial charge in [0.25, 0.3) is 10.0 Å². The number of para-hydroxylation sites is 1. The Morgan fingerprint density at radius 2 is 2.16 bits per heavy atom. The first-order chi connectivity index (χ1) is 18.0. The highest BCUT2D eigenvalue weighted by Crippen LogP contribution is 2.43. The van der Waals surface area contributed by atoms with Crippen LogP contribution >= 0.6 is 22.7 Å². The zero-order valence-corrected chi connectivity index (χ0v) is 23.7.